The largest absolute Gasteiger partial charge is 0.375 e. The fourth-order valence-corrected chi connectivity index (χ4v) is 4.64. The Morgan fingerprint density at radius 2 is 1.89 bits per heavy atom. The van der Waals surface area contributed by atoms with Crippen LogP contribution in [0.25, 0.3) is 0 Å². The molecule has 0 spiro atoms. The van der Waals surface area contributed by atoms with Crippen molar-refractivity contribution in [3.63, 3.8) is 0 Å². The Kier molecular flexibility index (Phi) is 7.15. The van der Waals surface area contributed by atoms with E-state index < -0.39 is 5.60 Å². The SMILES string of the molecule is C#CC(C)CCN1CCC(NC(=O)C(O)(c2ccccc2)C2CCCC2)CC1. The van der Waals surface area contributed by atoms with Gasteiger partial charge in [-0.15, -0.1) is 12.3 Å². The maximum Gasteiger partial charge on any atom is 0.257 e. The summed E-state index contributed by atoms with van der Waals surface area (Å²) in [5.74, 6) is 2.88. The number of amides is 1. The topological polar surface area (TPSA) is 52.6 Å². The molecule has 3 rings (SSSR count). The summed E-state index contributed by atoms with van der Waals surface area (Å²) in [7, 11) is 0. The van der Waals surface area contributed by atoms with Crippen molar-refractivity contribution in [2.75, 3.05) is 19.6 Å². The van der Waals surface area contributed by atoms with E-state index in [1.165, 1.54) is 0 Å². The lowest BCUT2D eigenvalue weighted by atomic mass is 9.79. The molecular weight excluding hydrogens is 348 g/mol. The van der Waals surface area contributed by atoms with Gasteiger partial charge in [-0.1, -0.05) is 50.1 Å². The van der Waals surface area contributed by atoms with Crippen LogP contribution >= 0.6 is 0 Å². The number of terminal acetylenes is 1. The number of rotatable bonds is 7. The average molecular weight is 383 g/mol. The summed E-state index contributed by atoms with van der Waals surface area (Å²) in [6.45, 7) is 5.04. The summed E-state index contributed by atoms with van der Waals surface area (Å²) in [6.07, 6.45) is 12.3. The Labute approximate surface area is 169 Å². The molecule has 1 aromatic rings. The van der Waals surface area contributed by atoms with E-state index in [0.717, 1.165) is 70.1 Å². The molecule has 1 saturated heterocycles. The summed E-state index contributed by atoms with van der Waals surface area (Å²) in [5, 5.41) is 14.7. The van der Waals surface area contributed by atoms with Gasteiger partial charge in [-0.25, -0.2) is 0 Å². The molecule has 28 heavy (non-hydrogen) atoms. The van der Waals surface area contributed by atoms with E-state index in [1.54, 1.807) is 0 Å². The van der Waals surface area contributed by atoms with Crippen molar-refractivity contribution in [1.82, 2.24) is 10.2 Å². The number of nitrogens with zero attached hydrogens (tertiary/aromatic N) is 1. The van der Waals surface area contributed by atoms with Crippen molar-refractivity contribution in [2.45, 2.75) is 63.5 Å². The minimum Gasteiger partial charge on any atom is -0.375 e. The number of nitrogens with one attached hydrogen (secondary N) is 1. The Bertz CT molecular complexity index is 670. The van der Waals surface area contributed by atoms with Crippen LogP contribution in [0.2, 0.25) is 0 Å². The summed E-state index contributed by atoms with van der Waals surface area (Å²) in [5.41, 5.74) is -0.697. The highest BCUT2D eigenvalue weighted by molar-refractivity contribution is 5.87. The second-order valence-corrected chi connectivity index (χ2v) is 8.56. The van der Waals surface area contributed by atoms with E-state index in [9.17, 15) is 9.90 Å². The van der Waals surface area contributed by atoms with Gasteiger partial charge in [0.15, 0.2) is 5.60 Å². The molecular formula is C24H34N2O2. The van der Waals surface area contributed by atoms with Crippen LogP contribution in [0.4, 0.5) is 0 Å². The van der Waals surface area contributed by atoms with Crippen LogP contribution in [0, 0.1) is 24.2 Å². The molecule has 2 N–H and O–H groups in total. The number of carbonyl (C=O) groups is 1. The van der Waals surface area contributed by atoms with Crippen molar-refractivity contribution in [3.05, 3.63) is 35.9 Å². The summed E-state index contributed by atoms with van der Waals surface area (Å²) >= 11 is 0. The molecule has 0 bridgehead atoms. The van der Waals surface area contributed by atoms with Crippen molar-refractivity contribution in [2.24, 2.45) is 11.8 Å². The number of benzene rings is 1. The van der Waals surface area contributed by atoms with Gasteiger partial charge in [-0.05, 0) is 44.2 Å². The number of likely N-dealkylation sites (tertiary alicyclic amines) is 1. The van der Waals surface area contributed by atoms with E-state index in [1.807, 2.05) is 30.3 Å². The molecule has 1 saturated carbocycles. The number of piperidine rings is 1. The molecule has 2 atom stereocenters. The minimum absolute atomic E-state index is 0.000222. The second kappa shape index (κ2) is 9.58. The van der Waals surface area contributed by atoms with Gasteiger partial charge < -0.3 is 15.3 Å². The van der Waals surface area contributed by atoms with E-state index in [0.29, 0.717) is 5.92 Å². The van der Waals surface area contributed by atoms with E-state index in [-0.39, 0.29) is 17.9 Å². The lowest BCUT2D eigenvalue weighted by Crippen LogP contribution is -2.54. The van der Waals surface area contributed by atoms with Crippen LogP contribution in [0.15, 0.2) is 30.3 Å². The third-order valence-electron chi connectivity index (χ3n) is 6.59. The number of hydrogen-bond donors (Lipinski definition) is 2. The monoisotopic (exact) mass is 382 g/mol. The Morgan fingerprint density at radius 1 is 1.25 bits per heavy atom. The number of aliphatic hydroxyl groups is 1. The lowest BCUT2D eigenvalue weighted by molar-refractivity contribution is -0.148. The molecule has 1 aliphatic carbocycles. The van der Waals surface area contributed by atoms with Gasteiger partial charge >= 0.3 is 0 Å². The highest BCUT2D eigenvalue weighted by atomic mass is 16.3. The molecule has 152 valence electrons. The van der Waals surface area contributed by atoms with Crippen molar-refractivity contribution in [1.29, 1.82) is 0 Å². The van der Waals surface area contributed by atoms with Crippen molar-refractivity contribution >= 4 is 5.91 Å². The fraction of sp³-hybridized carbons (Fsp3) is 0.625. The van der Waals surface area contributed by atoms with Gasteiger partial charge in [0.05, 0.1) is 0 Å². The van der Waals surface area contributed by atoms with Crippen molar-refractivity contribution in [3.8, 4) is 12.3 Å². The van der Waals surface area contributed by atoms with Crippen molar-refractivity contribution < 1.29 is 9.90 Å². The first-order chi connectivity index (χ1) is 13.5. The molecule has 2 aliphatic rings. The zero-order chi connectivity index (χ0) is 20.0. The second-order valence-electron chi connectivity index (χ2n) is 8.56. The van der Waals surface area contributed by atoms with Crippen LogP contribution in [0.5, 0.6) is 0 Å². The first-order valence-electron chi connectivity index (χ1n) is 10.8. The first kappa shape index (κ1) is 20.9. The van der Waals surface area contributed by atoms with Gasteiger partial charge in [0.1, 0.15) is 0 Å². The Balaban J connectivity index is 1.60. The van der Waals surface area contributed by atoms with Crippen LogP contribution in [0.3, 0.4) is 0 Å². The van der Waals surface area contributed by atoms with Crippen LogP contribution in [0.1, 0.15) is 57.4 Å². The molecule has 0 radical (unpaired) electrons. The molecule has 2 unspecified atom stereocenters. The lowest BCUT2D eigenvalue weighted by Gasteiger charge is -2.37. The predicted molar refractivity (Wildman–Crippen MR) is 113 cm³/mol. The summed E-state index contributed by atoms with van der Waals surface area (Å²) < 4.78 is 0. The molecule has 4 heteroatoms. The van der Waals surface area contributed by atoms with E-state index >= 15 is 0 Å². The van der Waals surface area contributed by atoms with Gasteiger partial charge in [-0.2, -0.15) is 0 Å². The maximum atomic E-state index is 13.3. The number of hydrogen-bond acceptors (Lipinski definition) is 3. The highest BCUT2D eigenvalue weighted by Gasteiger charge is 2.46. The third-order valence-corrected chi connectivity index (χ3v) is 6.59. The summed E-state index contributed by atoms with van der Waals surface area (Å²) in [6, 6.07) is 9.62. The zero-order valence-corrected chi connectivity index (χ0v) is 17.1. The molecule has 1 amide bonds. The smallest absolute Gasteiger partial charge is 0.257 e. The number of carbonyl (C=O) groups excluding carboxylic acids is 1. The molecule has 1 heterocycles. The van der Waals surface area contributed by atoms with Crippen LogP contribution in [-0.2, 0) is 10.4 Å². The molecule has 4 nitrogen and oxygen atoms in total. The summed E-state index contributed by atoms with van der Waals surface area (Å²) in [4.78, 5) is 15.7. The molecule has 1 aliphatic heterocycles. The molecule has 2 fully saturated rings. The zero-order valence-electron chi connectivity index (χ0n) is 17.1. The normalized spacial score (nSPS) is 22.3. The Morgan fingerprint density at radius 3 is 2.50 bits per heavy atom. The van der Waals surface area contributed by atoms with Gasteiger partial charge in [0, 0.05) is 31.0 Å². The fourth-order valence-electron chi connectivity index (χ4n) is 4.64. The van der Waals surface area contributed by atoms with Gasteiger partial charge in [0.25, 0.3) is 5.91 Å². The third kappa shape index (κ3) is 4.77. The minimum atomic E-state index is -1.42. The van der Waals surface area contributed by atoms with Crippen LogP contribution < -0.4 is 5.32 Å². The average Bonchev–Trinajstić information content (AvgIpc) is 3.28. The molecule has 0 aromatic heterocycles. The van der Waals surface area contributed by atoms with Gasteiger partial charge in [0.2, 0.25) is 0 Å². The molecule has 1 aromatic carbocycles. The maximum absolute atomic E-state index is 13.3. The quantitative estimate of drug-likeness (QED) is 0.712. The Hall–Kier alpha value is -1.83. The van der Waals surface area contributed by atoms with Crippen LogP contribution in [-0.4, -0.2) is 41.6 Å². The van der Waals surface area contributed by atoms with E-state index in [2.05, 4.69) is 23.1 Å². The predicted octanol–water partition coefficient (Wildman–Crippen LogP) is 3.30. The standard InChI is InChI=1S/C24H34N2O2/c1-3-19(2)13-16-26-17-14-22(15-18-26)25-23(27)24(28,21-11-7-8-12-21)20-9-5-4-6-10-20/h1,4-6,9-10,19,21-22,28H,7-8,11-18H2,2H3,(H,25,27). The first-order valence-corrected chi connectivity index (χ1v) is 10.8. The van der Waals surface area contributed by atoms with E-state index in [4.69, 9.17) is 6.42 Å². The highest BCUT2D eigenvalue weighted by Crippen LogP contribution is 2.41. The van der Waals surface area contributed by atoms with Gasteiger partial charge in [-0.3, -0.25) is 4.79 Å².